The molecule has 0 aromatic rings. The highest BCUT2D eigenvalue weighted by Crippen LogP contribution is 2.62. The van der Waals surface area contributed by atoms with E-state index < -0.39 is 5.97 Å². The van der Waals surface area contributed by atoms with Crippen LogP contribution in [0.5, 0.6) is 0 Å². The van der Waals surface area contributed by atoms with Crippen LogP contribution in [0.25, 0.3) is 0 Å². The first-order chi connectivity index (χ1) is 10.5. The van der Waals surface area contributed by atoms with Gasteiger partial charge >= 0.3 is 5.97 Å². The zero-order valence-corrected chi connectivity index (χ0v) is 13.5. The second kappa shape index (κ2) is 5.09. The molecule has 0 unspecified atom stereocenters. The van der Waals surface area contributed by atoms with Crippen molar-refractivity contribution in [3.8, 4) is 0 Å². The fourth-order valence-electron chi connectivity index (χ4n) is 6.63. The van der Waals surface area contributed by atoms with Crippen LogP contribution in [0.2, 0.25) is 0 Å². The minimum Gasteiger partial charge on any atom is -0.478 e. The minimum absolute atomic E-state index is 0.0963. The Labute approximate surface area is 132 Å². The summed E-state index contributed by atoms with van der Waals surface area (Å²) in [5.41, 5.74) is 0.807. The van der Waals surface area contributed by atoms with E-state index in [1.165, 1.54) is 25.7 Å². The number of carboxylic acids is 1. The third-order valence-electron chi connectivity index (χ3n) is 7.81. The summed E-state index contributed by atoms with van der Waals surface area (Å²) in [6.07, 6.45) is 10.8. The quantitative estimate of drug-likeness (QED) is 0.778. The second-order valence-electron chi connectivity index (χ2n) is 8.51. The van der Waals surface area contributed by atoms with Crippen molar-refractivity contribution in [2.24, 2.45) is 35.0 Å². The van der Waals surface area contributed by atoms with Crippen molar-refractivity contribution in [3.05, 3.63) is 11.6 Å². The molecule has 0 saturated heterocycles. The van der Waals surface area contributed by atoms with Crippen LogP contribution >= 0.6 is 0 Å². The Morgan fingerprint density at radius 2 is 1.91 bits per heavy atom. The van der Waals surface area contributed by atoms with Crippen LogP contribution in [-0.2, 0) is 4.79 Å². The number of aliphatic hydroxyl groups is 1. The van der Waals surface area contributed by atoms with Crippen LogP contribution in [-0.4, -0.2) is 22.3 Å². The molecule has 0 bridgehead atoms. The summed E-state index contributed by atoms with van der Waals surface area (Å²) in [5.74, 6) is 2.73. The molecule has 0 aliphatic heterocycles. The summed E-state index contributed by atoms with van der Waals surface area (Å²) in [6, 6.07) is 0. The summed E-state index contributed by atoms with van der Waals surface area (Å²) in [4.78, 5) is 11.2. The number of aliphatic carboxylic acids is 1. The van der Waals surface area contributed by atoms with Gasteiger partial charge < -0.3 is 10.2 Å². The molecule has 4 rings (SSSR count). The Morgan fingerprint density at radius 3 is 2.68 bits per heavy atom. The predicted octanol–water partition coefficient (Wildman–Crippen LogP) is 3.62. The van der Waals surface area contributed by atoms with Gasteiger partial charge in [-0.15, -0.1) is 0 Å². The van der Waals surface area contributed by atoms with Gasteiger partial charge in [-0.2, -0.15) is 0 Å². The fraction of sp³-hybridized carbons (Fsp3) is 0.842. The van der Waals surface area contributed by atoms with Gasteiger partial charge in [-0.25, -0.2) is 4.79 Å². The van der Waals surface area contributed by atoms with Crippen molar-refractivity contribution in [1.82, 2.24) is 0 Å². The third-order valence-corrected chi connectivity index (χ3v) is 7.81. The SMILES string of the molecule is C[C@]12CC[C@@H]3[C@H]4CCC(C(=O)O)=C[C@@H]4CC[C@H]3[C@@H]1CC[C@@H]2O. The monoisotopic (exact) mass is 304 g/mol. The lowest BCUT2D eigenvalue weighted by atomic mass is 9.51. The molecule has 4 aliphatic carbocycles. The van der Waals surface area contributed by atoms with E-state index in [9.17, 15) is 15.0 Å². The Bertz CT molecular complexity index is 511. The van der Waals surface area contributed by atoms with E-state index in [-0.39, 0.29) is 11.5 Å². The van der Waals surface area contributed by atoms with E-state index in [1.54, 1.807) is 0 Å². The van der Waals surface area contributed by atoms with E-state index in [1.807, 2.05) is 0 Å². The Morgan fingerprint density at radius 1 is 1.09 bits per heavy atom. The summed E-state index contributed by atoms with van der Waals surface area (Å²) in [5, 5.41) is 19.7. The van der Waals surface area contributed by atoms with E-state index in [4.69, 9.17) is 0 Å². The van der Waals surface area contributed by atoms with Crippen molar-refractivity contribution in [2.75, 3.05) is 0 Å². The molecule has 22 heavy (non-hydrogen) atoms. The first-order valence-electron chi connectivity index (χ1n) is 9.13. The molecule has 4 aliphatic rings. The zero-order valence-electron chi connectivity index (χ0n) is 13.5. The van der Waals surface area contributed by atoms with Crippen LogP contribution in [0.15, 0.2) is 11.6 Å². The number of hydrogen-bond acceptors (Lipinski definition) is 2. The number of carbonyl (C=O) groups is 1. The van der Waals surface area contributed by atoms with E-state index >= 15 is 0 Å². The lowest BCUT2D eigenvalue weighted by Gasteiger charge is -2.54. The van der Waals surface area contributed by atoms with E-state index in [2.05, 4.69) is 13.0 Å². The van der Waals surface area contributed by atoms with Gasteiger partial charge in [-0.05, 0) is 86.4 Å². The minimum atomic E-state index is -0.712. The molecule has 0 spiro atoms. The van der Waals surface area contributed by atoms with Crippen LogP contribution in [0, 0.1) is 35.0 Å². The molecular formula is C19H28O3. The molecule has 0 heterocycles. The molecule has 0 radical (unpaired) electrons. The lowest BCUT2D eigenvalue weighted by Crippen LogP contribution is -2.48. The number of rotatable bonds is 1. The molecule has 3 saturated carbocycles. The zero-order chi connectivity index (χ0) is 15.5. The van der Waals surface area contributed by atoms with Gasteiger partial charge in [0.15, 0.2) is 0 Å². The van der Waals surface area contributed by atoms with Crippen molar-refractivity contribution in [2.45, 2.75) is 64.4 Å². The van der Waals surface area contributed by atoms with Crippen LogP contribution in [0.3, 0.4) is 0 Å². The maximum Gasteiger partial charge on any atom is 0.331 e. The molecule has 3 heteroatoms. The molecular weight excluding hydrogens is 276 g/mol. The Balaban J connectivity index is 1.57. The third kappa shape index (κ3) is 2.01. The van der Waals surface area contributed by atoms with Gasteiger partial charge in [0.05, 0.1) is 6.10 Å². The highest BCUT2D eigenvalue weighted by atomic mass is 16.4. The smallest absolute Gasteiger partial charge is 0.331 e. The summed E-state index contributed by atoms with van der Waals surface area (Å²) >= 11 is 0. The van der Waals surface area contributed by atoms with Crippen molar-refractivity contribution in [3.63, 3.8) is 0 Å². The number of allylic oxidation sites excluding steroid dienone is 1. The standard InChI is InChI=1S/C19H28O3/c1-19-9-8-14-13-4-3-12(18(21)22)10-11(13)2-5-15(14)16(19)6-7-17(19)20/h10-11,13-17,20H,2-9H2,1H3,(H,21,22)/t11-,13-,14+,15+,16-,17-,19-/m0/s1. The second-order valence-corrected chi connectivity index (χ2v) is 8.51. The van der Waals surface area contributed by atoms with E-state index in [0.29, 0.717) is 23.3 Å². The van der Waals surface area contributed by atoms with Gasteiger partial charge in [-0.1, -0.05) is 13.0 Å². The van der Waals surface area contributed by atoms with Crippen LogP contribution < -0.4 is 0 Å². The van der Waals surface area contributed by atoms with Crippen LogP contribution in [0.4, 0.5) is 0 Å². The average molecular weight is 304 g/mol. The molecule has 3 nitrogen and oxygen atoms in total. The van der Waals surface area contributed by atoms with Gasteiger partial charge in [0.25, 0.3) is 0 Å². The molecule has 7 atom stereocenters. The largest absolute Gasteiger partial charge is 0.478 e. The maximum absolute atomic E-state index is 11.2. The number of carboxylic acid groups (broad SMARTS) is 1. The normalized spacial score (nSPS) is 50.5. The van der Waals surface area contributed by atoms with Crippen LogP contribution in [0.1, 0.15) is 58.3 Å². The average Bonchev–Trinajstić information content (AvgIpc) is 2.82. The first kappa shape index (κ1) is 14.7. The van der Waals surface area contributed by atoms with Gasteiger partial charge in [0, 0.05) is 5.57 Å². The van der Waals surface area contributed by atoms with Crippen molar-refractivity contribution in [1.29, 1.82) is 0 Å². The predicted molar refractivity (Wildman–Crippen MR) is 84.2 cm³/mol. The molecule has 2 N–H and O–H groups in total. The van der Waals surface area contributed by atoms with Crippen molar-refractivity contribution < 1.29 is 15.0 Å². The van der Waals surface area contributed by atoms with Gasteiger partial charge in [-0.3, -0.25) is 0 Å². The highest BCUT2D eigenvalue weighted by molar-refractivity contribution is 5.86. The lowest BCUT2D eigenvalue weighted by molar-refractivity contribution is -0.133. The molecule has 0 amide bonds. The summed E-state index contributed by atoms with van der Waals surface area (Å²) in [6.45, 7) is 2.32. The summed E-state index contributed by atoms with van der Waals surface area (Å²) in [7, 11) is 0. The number of aliphatic hydroxyl groups excluding tert-OH is 1. The number of hydrogen-bond donors (Lipinski definition) is 2. The Hall–Kier alpha value is -0.830. The summed E-state index contributed by atoms with van der Waals surface area (Å²) < 4.78 is 0. The number of fused-ring (bicyclic) bond motifs is 5. The Kier molecular flexibility index (Phi) is 3.41. The highest BCUT2D eigenvalue weighted by Gasteiger charge is 2.56. The molecule has 0 aromatic heterocycles. The van der Waals surface area contributed by atoms with Gasteiger partial charge in [0.1, 0.15) is 0 Å². The fourth-order valence-corrected chi connectivity index (χ4v) is 6.63. The topological polar surface area (TPSA) is 57.5 Å². The molecule has 122 valence electrons. The first-order valence-corrected chi connectivity index (χ1v) is 9.13. The van der Waals surface area contributed by atoms with Crippen molar-refractivity contribution >= 4 is 5.97 Å². The molecule has 3 fully saturated rings. The molecule has 0 aromatic carbocycles. The maximum atomic E-state index is 11.2. The van der Waals surface area contributed by atoms with Gasteiger partial charge in [0.2, 0.25) is 0 Å². The van der Waals surface area contributed by atoms with E-state index in [0.717, 1.165) is 37.5 Å².